The van der Waals surface area contributed by atoms with Gasteiger partial charge in [-0.25, -0.2) is 9.97 Å². The summed E-state index contributed by atoms with van der Waals surface area (Å²) in [5.41, 5.74) is 3.44. The van der Waals surface area contributed by atoms with Gasteiger partial charge in [0.2, 0.25) is 0 Å². The molecule has 2 saturated heterocycles. The first kappa shape index (κ1) is 19.8. The van der Waals surface area contributed by atoms with Crippen LogP contribution in [-0.2, 0) is 16.0 Å². The lowest BCUT2D eigenvalue weighted by Crippen LogP contribution is -2.25. The number of hydrogen-bond acceptors (Lipinski definition) is 5. The minimum absolute atomic E-state index is 0.247. The Hall–Kier alpha value is -2.51. The first-order valence-electron chi connectivity index (χ1n) is 10.4. The summed E-state index contributed by atoms with van der Waals surface area (Å²) in [5, 5.41) is 0. The van der Waals surface area contributed by atoms with E-state index >= 15 is 0 Å². The largest absolute Gasteiger partial charge is 0.375 e. The highest BCUT2D eigenvalue weighted by Crippen LogP contribution is 2.36. The van der Waals surface area contributed by atoms with E-state index in [2.05, 4.69) is 21.9 Å². The Bertz CT molecular complexity index is 991. The first-order valence-corrected chi connectivity index (χ1v) is 10.4. The van der Waals surface area contributed by atoms with E-state index in [0.29, 0.717) is 24.2 Å². The number of aryl methyl sites for hydroxylation is 1. The van der Waals surface area contributed by atoms with Crippen molar-refractivity contribution < 1.29 is 9.47 Å². The molecule has 1 aromatic carbocycles. The van der Waals surface area contributed by atoms with Gasteiger partial charge in [-0.2, -0.15) is 0 Å². The number of fused-ring (bicyclic) bond motifs is 2. The zero-order valence-electron chi connectivity index (χ0n) is 17.3. The molecular weight excluding hydrogens is 366 g/mol. The van der Waals surface area contributed by atoms with Gasteiger partial charge in [-0.1, -0.05) is 30.3 Å². The van der Waals surface area contributed by atoms with Crippen molar-refractivity contribution in [2.24, 2.45) is 4.99 Å². The molecule has 3 fully saturated rings. The van der Waals surface area contributed by atoms with Gasteiger partial charge < -0.3 is 19.0 Å². The van der Waals surface area contributed by atoms with Gasteiger partial charge in [0.15, 0.2) is 11.1 Å². The van der Waals surface area contributed by atoms with Crippen LogP contribution < -0.4 is 5.49 Å². The number of H-pyrrole nitrogens is 1. The molecule has 7 nitrogen and oxygen atoms in total. The predicted molar refractivity (Wildman–Crippen MR) is 111 cm³/mol. The Morgan fingerprint density at radius 1 is 1.24 bits per heavy atom. The quantitative estimate of drug-likeness (QED) is 0.718. The normalized spacial score (nSPS) is 21.6. The van der Waals surface area contributed by atoms with Crippen LogP contribution in [0.2, 0.25) is 0 Å². The van der Waals surface area contributed by atoms with Crippen molar-refractivity contribution in [1.82, 2.24) is 19.5 Å². The SMILES string of the molecule is C1CC2CC1O2.CCN=c1ncn(CC)c2nc(C(OC)c3ccccc3)[nH]c12. The third-order valence-electron chi connectivity index (χ3n) is 5.47. The summed E-state index contributed by atoms with van der Waals surface area (Å²) in [6.45, 7) is 5.53. The summed E-state index contributed by atoms with van der Waals surface area (Å²) in [5.74, 6) is 0.761. The third kappa shape index (κ3) is 4.11. The topological polar surface area (TPSA) is 77.3 Å². The molecule has 1 saturated carbocycles. The highest BCUT2D eigenvalue weighted by Gasteiger charge is 2.36. The average molecular weight is 396 g/mol. The van der Waals surface area contributed by atoms with Crippen LogP contribution in [-0.4, -0.2) is 45.4 Å². The number of nitrogens with one attached hydrogen (secondary N) is 1. The molecule has 1 aliphatic carbocycles. The second-order valence-corrected chi connectivity index (χ2v) is 7.37. The van der Waals surface area contributed by atoms with Crippen molar-refractivity contribution >= 4 is 11.2 Å². The standard InChI is InChI=1S/C17H21N5O.C5H8O/c1-4-18-15-13-17(22(5-2)11-19-15)21-16(20-13)14(23-3)12-9-7-6-8-10-12;1-2-5-3-4(1)6-5/h6-11,14H,4-5H2,1-3H3,(H,20,21);4-5H,1-3H2. The van der Waals surface area contributed by atoms with Gasteiger partial charge in [0.1, 0.15) is 17.4 Å². The highest BCUT2D eigenvalue weighted by atomic mass is 16.5. The zero-order chi connectivity index (χ0) is 20.2. The summed E-state index contributed by atoms with van der Waals surface area (Å²) in [6, 6.07) is 10.0. The van der Waals surface area contributed by atoms with Gasteiger partial charge >= 0.3 is 0 Å². The van der Waals surface area contributed by atoms with Crippen molar-refractivity contribution in [3.8, 4) is 0 Å². The lowest BCUT2D eigenvalue weighted by atomic mass is 10.1. The van der Waals surface area contributed by atoms with E-state index in [4.69, 9.17) is 14.5 Å². The number of ether oxygens (including phenoxy) is 2. The molecule has 1 N–H and O–H groups in total. The van der Waals surface area contributed by atoms with E-state index in [1.54, 1.807) is 13.4 Å². The van der Waals surface area contributed by atoms with Gasteiger partial charge in [-0.05, 0) is 38.7 Å². The average Bonchev–Trinajstić information content (AvgIpc) is 3.47. The Morgan fingerprint density at radius 2 is 1.97 bits per heavy atom. The molecule has 2 aliphatic heterocycles. The molecule has 3 atom stereocenters. The minimum atomic E-state index is -0.247. The van der Waals surface area contributed by atoms with Crippen molar-refractivity contribution in [3.63, 3.8) is 0 Å². The van der Waals surface area contributed by atoms with Crippen molar-refractivity contribution in [3.05, 3.63) is 53.5 Å². The summed E-state index contributed by atoms with van der Waals surface area (Å²) in [7, 11) is 1.69. The number of rotatable bonds is 5. The van der Waals surface area contributed by atoms with Crippen LogP contribution in [0, 0.1) is 0 Å². The Morgan fingerprint density at radius 3 is 2.52 bits per heavy atom. The second kappa shape index (κ2) is 8.88. The van der Waals surface area contributed by atoms with Crippen LogP contribution >= 0.6 is 0 Å². The van der Waals surface area contributed by atoms with Crippen molar-refractivity contribution in [1.29, 1.82) is 0 Å². The van der Waals surface area contributed by atoms with Crippen molar-refractivity contribution in [2.75, 3.05) is 13.7 Å². The van der Waals surface area contributed by atoms with Gasteiger partial charge in [0, 0.05) is 20.2 Å². The van der Waals surface area contributed by atoms with Gasteiger partial charge in [0.05, 0.1) is 18.5 Å². The monoisotopic (exact) mass is 395 g/mol. The second-order valence-electron chi connectivity index (χ2n) is 7.37. The molecule has 2 aromatic heterocycles. The highest BCUT2D eigenvalue weighted by molar-refractivity contribution is 5.69. The van der Waals surface area contributed by atoms with Crippen molar-refractivity contribution in [2.45, 2.75) is 58.0 Å². The maximum atomic E-state index is 5.67. The van der Waals surface area contributed by atoms with Crippen LogP contribution in [0.25, 0.3) is 11.2 Å². The maximum absolute atomic E-state index is 5.67. The zero-order valence-corrected chi connectivity index (χ0v) is 17.3. The van der Waals surface area contributed by atoms with Gasteiger partial charge in [-0.15, -0.1) is 0 Å². The Labute approximate surface area is 170 Å². The number of aromatic amines is 1. The summed E-state index contributed by atoms with van der Waals surface area (Å²) < 4.78 is 12.9. The number of imidazole rings is 1. The number of aromatic nitrogens is 4. The summed E-state index contributed by atoms with van der Waals surface area (Å²) in [6.07, 6.45) is 6.95. The molecule has 7 heteroatoms. The lowest BCUT2D eigenvalue weighted by Gasteiger charge is -2.23. The smallest absolute Gasteiger partial charge is 0.176 e. The van der Waals surface area contributed by atoms with E-state index in [-0.39, 0.29) is 6.10 Å². The van der Waals surface area contributed by atoms with Crippen LogP contribution in [0.3, 0.4) is 0 Å². The molecule has 0 radical (unpaired) electrons. The molecule has 154 valence electrons. The molecule has 2 bridgehead atoms. The molecule has 3 aromatic rings. The van der Waals surface area contributed by atoms with E-state index < -0.39 is 0 Å². The van der Waals surface area contributed by atoms with Gasteiger partial charge in [-0.3, -0.25) is 4.99 Å². The molecule has 4 heterocycles. The number of hydrogen-bond donors (Lipinski definition) is 1. The molecule has 0 spiro atoms. The number of methoxy groups -OCH3 is 1. The Kier molecular flexibility index (Phi) is 6.06. The van der Waals surface area contributed by atoms with Crippen LogP contribution in [0.1, 0.15) is 50.6 Å². The molecule has 3 aliphatic rings. The predicted octanol–water partition coefficient (Wildman–Crippen LogP) is 3.37. The minimum Gasteiger partial charge on any atom is -0.375 e. The summed E-state index contributed by atoms with van der Waals surface area (Å²) in [4.78, 5) is 17.0. The number of nitrogens with zero attached hydrogens (tertiary/aromatic N) is 4. The molecule has 6 rings (SSSR count). The van der Waals surface area contributed by atoms with E-state index in [0.717, 1.165) is 29.1 Å². The van der Waals surface area contributed by atoms with E-state index in [9.17, 15) is 0 Å². The fourth-order valence-electron chi connectivity index (χ4n) is 3.95. The Balaban J connectivity index is 0.000000286. The van der Waals surface area contributed by atoms with Crippen LogP contribution in [0.15, 0.2) is 41.7 Å². The van der Waals surface area contributed by atoms with Crippen LogP contribution in [0.5, 0.6) is 0 Å². The fraction of sp³-hybridized carbons (Fsp3) is 0.500. The van der Waals surface area contributed by atoms with Gasteiger partial charge in [0.25, 0.3) is 0 Å². The lowest BCUT2D eigenvalue weighted by molar-refractivity contribution is -0.0647. The van der Waals surface area contributed by atoms with E-state index in [1.165, 1.54) is 19.3 Å². The third-order valence-corrected chi connectivity index (χ3v) is 5.47. The summed E-state index contributed by atoms with van der Waals surface area (Å²) >= 11 is 0. The first-order chi connectivity index (χ1) is 14.2. The fourth-order valence-corrected chi connectivity index (χ4v) is 3.95. The molecule has 0 amide bonds. The van der Waals surface area contributed by atoms with Crippen LogP contribution in [0.4, 0.5) is 0 Å². The van der Waals surface area contributed by atoms with E-state index in [1.807, 2.05) is 41.8 Å². The number of benzene rings is 1. The molecular formula is C22H29N5O2. The molecule has 3 unspecified atom stereocenters. The molecule has 29 heavy (non-hydrogen) atoms. The maximum Gasteiger partial charge on any atom is 0.176 e.